The Labute approximate surface area is 158 Å². The molecule has 2 N–H and O–H groups in total. The van der Waals surface area contributed by atoms with Crippen LogP contribution in [0.2, 0.25) is 0 Å². The number of benzene rings is 2. The van der Waals surface area contributed by atoms with Crippen molar-refractivity contribution in [3.05, 3.63) is 59.8 Å². The molecule has 0 atom stereocenters. The first-order chi connectivity index (χ1) is 13.2. The van der Waals surface area contributed by atoms with Crippen LogP contribution in [0, 0.1) is 0 Å². The Balaban J connectivity index is 0.00000225. The van der Waals surface area contributed by atoms with Gasteiger partial charge in [-0.3, -0.25) is 9.59 Å². The summed E-state index contributed by atoms with van der Waals surface area (Å²) in [6.45, 7) is 2.40. The van der Waals surface area contributed by atoms with Gasteiger partial charge in [0.1, 0.15) is 5.75 Å². The van der Waals surface area contributed by atoms with Crippen LogP contribution >= 0.6 is 0 Å². The number of rotatable bonds is 4. The molecule has 0 unspecified atom stereocenters. The van der Waals surface area contributed by atoms with Gasteiger partial charge in [0.25, 0.3) is 11.7 Å². The summed E-state index contributed by atoms with van der Waals surface area (Å²) in [5.74, 6) is -0.660. The fourth-order valence-electron chi connectivity index (χ4n) is 3.69. The monoisotopic (exact) mass is 365 g/mol. The molecule has 0 saturated heterocycles. The molecule has 6 nitrogen and oxygen atoms in total. The summed E-state index contributed by atoms with van der Waals surface area (Å²) in [4.78, 5) is 25.9. The molecule has 4 rings (SSSR count). The largest absolute Gasteiger partial charge is 0.495 e. The van der Waals surface area contributed by atoms with Crippen LogP contribution in [0.3, 0.4) is 0 Å². The van der Waals surface area contributed by atoms with Gasteiger partial charge in [0.05, 0.1) is 18.4 Å². The molecule has 1 aliphatic heterocycles. The van der Waals surface area contributed by atoms with Gasteiger partial charge in [-0.2, -0.15) is 0 Å². The molecular weight excluding hydrogens is 342 g/mol. The minimum Gasteiger partial charge on any atom is -0.495 e. The molecule has 27 heavy (non-hydrogen) atoms. The molecule has 0 aliphatic carbocycles. The Morgan fingerprint density at radius 1 is 1.11 bits per heavy atom. The van der Waals surface area contributed by atoms with E-state index < -0.39 is 11.7 Å². The molecule has 2 heterocycles. The third kappa shape index (κ3) is 3.08. The Hall–Kier alpha value is -3.12. The zero-order valence-corrected chi connectivity index (χ0v) is 15.1. The highest BCUT2D eigenvalue weighted by Gasteiger charge is 2.27. The summed E-state index contributed by atoms with van der Waals surface area (Å²) >= 11 is 0. The van der Waals surface area contributed by atoms with Crippen molar-refractivity contribution < 1.29 is 15.8 Å². The highest BCUT2D eigenvalue weighted by atomic mass is 16.5. The molecule has 0 saturated carbocycles. The predicted molar refractivity (Wildman–Crippen MR) is 107 cm³/mol. The van der Waals surface area contributed by atoms with Crippen LogP contribution < -0.4 is 15.4 Å². The van der Waals surface area contributed by atoms with E-state index in [1.807, 2.05) is 30.3 Å². The van der Waals surface area contributed by atoms with E-state index in [0.29, 0.717) is 23.4 Å². The molecule has 140 valence electrons. The Morgan fingerprint density at radius 3 is 2.74 bits per heavy atom. The summed E-state index contributed by atoms with van der Waals surface area (Å²) in [5, 5.41) is 6.87. The van der Waals surface area contributed by atoms with Gasteiger partial charge < -0.3 is 19.9 Å². The van der Waals surface area contributed by atoms with Crippen molar-refractivity contribution in [1.82, 2.24) is 9.88 Å². The molecule has 0 spiro atoms. The number of nitrogens with zero attached hydrogens (tertiary/aromatic N) is 1. The molecule has 0 fully saturated rings. The molecule has 1 aliphatic rings. The fraction of sp³-hybridized carbons (Fsp3) is 0.238. The van der Waals surface area contributed by atoms with Gasteiger partial charge in [-0.1, -0.05) is 30.3 Å². The van der Waals surface area contributed by atoms with Crippen LogP contribution in [0.5, 0.6) is 5.75 Å². The third-order valence-electron chi connectivity index (χ3n) is 4.92. The summed E-state index contributed by atoms with van der Waals surface area (Å²) in [6, 6.07) is 14.8. The second-order valence-electron chi connectivity index (χ2n) is 6.47. The van der Waals surface area contributed by atoms with Crippen LogP contribution in [-0.2, 0) is 17.8 Å². The smallest absolute Gasteiger partial charge is 0.296 e. The topological polar surface area (TPSA) is 72.4 Å². The van der Waals surface area contributed by atoms with Crippen molar-refractivity contribution in [2.45, 2.75) is 13.0 Å². The van der Waals surface area contributed by atoms with Gasteiger partial charge in [-0.05, 0) is 18.2 Å². The number of hydrogen-bond acceptors (Lipinski definition) is 4. The van der Waals surface area contributed by atoms with E-state index in [2.05, 4.69) is 15.2 Å². The summed E-state index contributed by atoms with van der Waals surface area (Å²) in [5.41, 5.74) is 2.89. The lowest BCUT2D eigenvalue weighted by Gasteiger charge is -2.10. The number of ketones is 1. The number of methoxy groups -OCH3 is 1. The minimum atomic E-state index is -0.657. The molecule has 1 amide bonds. The number of carbonyl (C=O) groups excluding carboxylic acids is 2. The Bertz CT molecular complexity index is 1030. The number of nitrogens with one attached hydrogen (secondary N) is 2. The quantitative estimate of drug-likeness (QED) is 0.551. The number of amides is 1. The van der Waals surface area contributed by atoms with Crippen molar-refractivity contribution in [3.8, 4) is 5.75 Å². The van der Waals surface area contributed by atoms with Crippen LogP contribution in [0.25, 0.3) is 10.9 Å². The number of ether oxygens (including phenoxy) is 1. The first-order valence-electron chi connectivity index (χ1n) is 9.00. The van der Waals surface area contributed by atoms with Crippen molar-refractivity contribution in [1.29, 1.82) is 0 Å². The maximum atomic E-state index is 13.1. The van der Waals surface area contributed by atoms with Crippen LogP contribution in [0.15, 0.2) is 48.5 Å². The lowest BCUT2D eigenvalue weighted by Crippen LogP contribution is -2.24. The van der Waals surface area contributed by atoms with E-state index >= 15 is 0 Å². The maximum absolute atomic E-state index is 13.1. The average molecular weight is 365 g/mol. The molecule has 3 aromatic rings. The molecular formula is C21H23N3O3. The van der Waals surface area contributed by atoms with Crippen LogP contribution in [0.1, 0.15) is 17.5 Å². The zero-order chi connectivity index (χ0) is 18.8. The first kappa shape index (κ1) is 17.3. The van der Waals surface area contributed by atoms with Gasteiger partial charge >= 0.3 is 0 Å². The SMILES string of the molecule is COc1ccccc1NC(=O)C(=O)c1c2n(c3ccccc13)CCNCC2.[HH]. The van der Waals surface area contributed by atoms with E-state index in [0.717, 1.165) is 36.2 Å². The highest BCUT2D eigenvalue weighted by molar-refractivity contribution is 6.48. The fourth-order valence-corrected chi connectivity index (χ4v) is 3.69. The van der Waals surface area contributed by atoms with Crippen molar-refractivity contribution in [3.63, 3.8) is 0 Å². The van der Waals surface area contributed by atoms with Crippen LogP contribution in [0.4, 0.5) is 5.69 Å². The Kier molecular flexibility index (Phi) is 4.64. The predicted octanol–water partition coefficient (Wildman–Crippen LogP) is 2.86. The molecule has 2 aromatic carbocycles. The van der Waals surface area contributed by atoms with Gasteiger partial charge in [0, 0.05) is 44.1 Å². The summed E-state index contributed by atoms with van der Waals surface area (Å²) in [7, 11) is 1.53. The first-order valence-corrected chi connectivity index (χ1v) is 9.00. The lowest BCUT2D eigenvalue weighted by molar-refractivity contribution is -0.112. The number of Topliss-reactive ketones (excluding diaryl/α,β-unsaturated/α-hetero) is 1. The van der Waals surface area contributed by atoms with E-state index in [1.54, 1.807) is 18.2 Å². The minimum absolute atomic E-state index is 0. The maximum Gasteiger partial charge on any atom is 0.296 e. The molecule has 1 aromatic heterocycles. The summed E-state index contributed by atoms with van der Waals surface area (Å²) < 4.78 is 7.41. The van der Waals surface area contributed by atoms with Gasteiger partial charge in [-0.25, -0.2) is 0 Å². The van der Waals surface area contributed by atoms with Crippen LogP contribution in [-0.4, -0.2) is 36.5 Å². The van der Waals surface area contributed by atoms with E-state index in [9.17, 15) is 9.59 Å². The average Bonchev–Trinajstić information content (AvgIpc) is 2.83. The van der Waals surface area contributed by atoms with Gasteiger partial charge in [0.2, 0.25) is 0 Å². The van der Waals surface area contributed by atoms with Gasteiger partial charge in [-0.15, -0.1) is 0 Å². The number of fused-ring (bicyclic) bond motifs is 3. The Morgan fingerprint density at radius 2 is 1.89 bits per heavy atom. The van der Waals surface area contributed by atoms with Crippen molar-refractivity contribution in [2.75, 3.05) is 25.5 Å². The molecule has 0 radical (unpaired) electrons. The second kappa shape index (κ2) is 7.25. The third-order valence-corrected chi connectivity index (χ3v) is 4.92. The van der Waals surface area contributed by atoms with E-state index in [4.69, 9.17) is 4.74 Å². The highest BCUT2D eigenvalue weighted by Crippen LogP contribution is 2.29. The number of carbonyl (C=O) groups is 2. The number of aromatic nitrogens is 1. The molecule has 6 heteroatoms. The van der Waals surface area contributed by atoms with E-state index in [1.165, 1.54) is 7.11 Å². The van der Waals surface area contributed by atoms with Crippen molar-refractivity contribution in [2.24, 2.45) is 0 Å². The normalized spacial score (nSPS) is 13.7. The number of anilines is 1. The standard InChI is InChI=1S/C21H21N3O3.H2/c1-27-18-9-5-3-7-15(18)23-21(26)20(25)19-14-6-2-4-8-16(14)24-13-12-22-11-10-17(19)24;/h2-9,22H,10-13H2,1H3,(H,23,26);1H. The lowest BCUT2D eigenvalue weighted by atomic mass is 10.0. The van der Waals surface area contributed by atoms with Gasteiger partial charge in [0.15, 0.2) is 0 Å². The number of para-hydroxylation sites is 3. The van der Waals surface area contributed by atoms with E-state index in [-0.39, 0.29) is 1.43 Å². The summed E-state index contributed by atoms with van der Waals surface area (Å²) in [6.07, 6.45) is 0.706. The second-order valence-corrected chi connectivity index (χ2v) is 6.47. The molecule has 0 bridgehead atoms. The zero-order valence-electron chi connectivity index (χ0n) is 15.1. The number of hydrogen-bond donors (Lipinski definition) is 2. The van der Waals surface area contributed by atoms with Crippen molar-refractivity contribution >= 4 is 28.3 Å².